The molecule has 1 saturated heterocycles. The number of nitrogen functional groups attached to an aromatic ring is 1. The summed E-state index contributed by atoms with van der Waals surface area (Å²) in [5, 5.41) is 0. The maximum atomic E-state index is 6.14. The third kappa shape index (κ3) is 1.94. The Labute approximate surface area is 97.2 Å². The van der Waals surface area contributed by atoms with Gasteiger partial charge < -0.3 is 15.4 Å². The number of ether oxygens (including phenoxy) is 1. The van der Waals surface area contributed by atoms with E-state index in [0.717, 1.165) is 23.7 Å². The predicted octanol–water partition coefficient (Wildman–Crippen LogP) is 2.66. The summed E-state index contributed by atoms with van der Waals surface area (Å²) in [4.78, 5) is 2.37. The Morgan fingerprint density at radius 2 is 2.31 bits per heavy atom. The largest absolute Gasteiger partial charge is 0.492 e. The Kier molecular flexibility index (Phi) is 3.22. The highest BCUT2D eigenvalue weighted by atomic mass is 16.5. The lowest BCUT2D eigenvalue weighted by atomic mass is 10.2. The number of para-hydroxylation sites is 1. The van der Waals surface area contributed by atoms with Crippen LogP contribution in [-0.2, 0) is 0 Å². The van der Waals surface area contributed by atoms with E-state index in [1.807, 2.05) is 19.1 Å². The summed E-state index contributed by atoms with van der Waals surface area (Å²) in [6.07, 6.45) is 2.50. The molecule has 0 spiro atoms. The molecule has 3 nitrogen and oxygen atoms in total. The molecule has 0 amide bonds. The van der Waals surface area contributed by atoms with Crippen molar-refractivity contribution in [3.63, 3.8) is 0 Å². The number of benzene rings is 1. The molecule has 16 heavy (non-hydrogen) atoms. The van der Waals surface area contributed by atoms with Gasteiger partial charge in [-0.3, -0.25) is 0 Å². The van der Waals surface area contributed by atoms with Crippen molar-refractivity contribution < 1.29 is 4.74 Å². The van der Waals surface area contributed by atoms with Crippen LogP contribution in [0.15, 0.2) is 18.2 Å². The zero-order valence-electron chi connectivity index (χ0n) is 10.1. The van der Waals surface area contributed by atoms with Crippen molar-refractivity contribution in [2.75, 3.05) is 23.8 Å². The van der Waals surface area contributed by atoms with Crippen LogP contribution < -0.4 is 15.4 Å². The summed E-state index contributed by atoms with van der Waals surface area (Å²) in [6, 6.07) is 6.61. The predicted molar refractivity (Wildman–Crippen MR) is 68.1 cm³/mol. The molecule has 1 aliphatic heterocycles. The molecule has 2 rings (SSSR count). The van der Waals surface area contributed by atoms with Crippen LogP contribution in [0.1, 0.15) is 26.7 Å². The van der Waals surface area contributed by atoms with Gasteiger partial charge in [0.2, 0.25) is 0 Å². The quantitative estimate of drug-likeness (QED) is 0.796. The second-order valence-corrected chi connectivity index (χ2v) is 4.31. The highest BCUT2D eigenvalue weighted by Crippen LogP contribution is 2.35. The molecule has 1 unspecified atom stereocenters. The van der Waals surface area contributed by atoms with Crippen LogP contribution in [-0.4, -0.2) is 19.2 Å². The minimum Gasteiger partial charge on any atom is -0.492 e. The lowest BCUT2D eigenvalue weighted by Crippen LogP contribution is -2.27. The standard InChI is InChI=1S/C13H20N2O/c1-3-16-12-8-4-7-11(13(12)14)15-9-5-6-10(15)2/h4,7-8,10H,3,5-6,9,14H2,1-2H3. The Morgan fingerprint density at radius 3 is 2.94 bits per heavy atom. The molecule has 2 N–H and O–H groups in total. The van der Waals surface area contributed by atoms with E-state index in [4.69, 9.17) is 10.5 Å². The molecule has 1 aromatic carbocycles. The summed E-state index contributed by atoms with van der Waals surface area (Å²) in [6.45, 7) is 5.98. The molecular weight excluding hydrogens is 200 g/mol. The van der Waals surface area contributed by atoms with E-state index in [9.17, 15) is 0 Å². The van der Waals surface area contributed by atoms with Gasteiger partial charge in [0.05, 0.1) is 18.0 Å². The molecule has 3 heteroatoms. The number of hydrogen-bond acceptors (Lipinski definition) is 3. The smallest absolute Gasteiger partial charge is 0.144 e. The molecule has 0 aromatic heterocycles. The second-order valence-electron chi connectivity index (χ2n) is 4.31. The van der Waals surface area contributed by atoms with Crippen LogP contribution in [0.5, 0.6) is 5.75 Å². The van der Waals surface area contributed by atoms with Crippen LogP contribution >= 0.6 is 0 Å². The first-order valence-electron chi connectivity index (χ1n) is 6.02. The Morgan fingerprint density at radius 1 is 1.50 bits per heavy atom. The van der Waals surface area contributed by atoms with Gasteiger partial charge in [0, 0.05) is 12.6 Å². The van der Waals surface area contributed by atoms with Gasteiger partial charge in [0.15, 0.2) is 0 Å². The van der Waals surface area contributed by atoms with E-state index in [-0.39, 0.29) is 0 Å². The lowest BCUT2D eigenvalue weighted by molar-refractivity contribution is 0.342. The first-order valence-corrected chi connectivity index (χ1v) is 6.02. The first kappa shape index (κ1) is 11.1. The number of nitrogens with zero attached hydrogens (tertiary/aromatic N) is 1. The average molecular weight is 220 g/mol. The average Bonchev–Trinajstić information content (AvgIpc) is 2.68. The van der Waals surface area contributed by atoms with Crippen molar-refractivity contribution >= 4 is 11.4 Å². The fourth-order valence-electron chi connectivity index (χ4n) is 2.36. The SMILES string of the molecule is CCOc1cccc(N2CCCC2C)c1N. The van der Waals surface area contributed by atoms with Crippen molar-refractivity contribution in [1.82, 2.24) is 0 Å². The van der Waals surface area contributed by atoms with Crippen LogP contribution in [0.4, 0.5) is 11.4 Å². The minimum atomic E-state index is 0.583. The van der Waals surface area contributed by atoms with E-state index in [0.29, 0.717) is 12.6 Å². The van der Waals surface area contributed by atoms with E-state index in [2.05, 4.69) is 17.9 Å². The first-order chi connectivity index (χ1) is 7.74. The summed E-state index contributed by atoms with van der Waals surface area (Å²) in [5.41, 5.74) is 8.04. The topological polar surface area (TPSA) is 38.5 Å². The normalized spacial score (nSPS) is 20.1. The van der Waals surface area contributed by atoms with Crippen molar-refractivity contribution in [3.8, 4) is 5.75 Å². The van der Waals surface area contributed by atoms with Crippen LogP contribution in [0.25, 0.3) is 0 Å². The second kappa shape index (κ2) is 4.64. The van der Waals surface area contributed by atoms with Gasteiger partial charge in [0.1, 0.15) is 5.75 Å². The molecule has 0 radical (unpaired) electrons. The number of nitrogens with two attached hydrogens (primary N) is 1. The molecule has 1 fully saturated rings. The van der Waals surface area contributed by atoms with Crippen LogP contribution in [0.2, 0.25) is 0 Å². The van der Waals surface area contributed by atoms with E-state index in [1.165, 1.54) is 12.8 Å². The number of hydrogen-bond donors (Lipinski definition) is 1. The third-order valence-corrected chi connectivity index (χ3v) is 3.21. The zero-order chi connectivity index (χ0) is 11.5. The molecule has 0 aliphatic carbocycles. The van der Waals surface area contributed by atoms with Gasteiger partial charge in [-0.2, -0.15) is 0 Å². The zero-order valence-corrected chi connectivity index (χ0v) is 10.1. The lowest BCUT2D eigenvalue weighted by Gasteiger charge is -2.26. The Hall–Kier alpha value is -1.38. The molecule has 1 aliphatic rings. The van der Waals surface area contributed by atoms with Gasteiger partial charge >= 0.3 is 0 Å². The van der Waals surface area contributed by atoms with Gasteiger partial charge in [-0.15, -0.1) is 0 Å². The Balaban J connectivity index is 2.30. The number of rotatable bonds is 3. The van der Waals surface area contributed by atoms with Crippen LogP contribution in [0, 0.1) is 0 Å². The fourth-order valence-corrected chi connectivity index (χ4v) is 2.36. The molecule has 0 bridgehead atoms. The summed E-state index contributed by atoms with van der Waals surface area (Å²) < 4.78 is 5.52. The molecule has 0 saturated carbocycles. The summed E-state index contributed by atoms with van der Waals surface area (Å²) >= 11 is 0. The van der Waals surface area contributed by atoms with Gasteiger partial charge in [-0.1, -0.05) is 6.07 Å². The molecule has 1 aromatic rings. The Bertz CT molecular complexity index is 365. The van der Waals surface area contributed by atoms with E-state index in [1.54, 1.807) is 0 Å². The van der Waals surface area contributed by atoms with E-state index >= 15 is 0 Å². The number of anilines is 2. The minimum absolute atomic E-state index is 0.583. The van der Waals surface area contributed by atoms with Crippen molar-refractivity contribution in [2.24, 2.45) is 0 Å². The molecular formula is C13H20N2O. The monoisotopic (exact) mass is 220 g/mol. The molecule has 88 valence electrons. The highest BCUT2D eigenvalue weighted by Gasteiger charge is 2.23. The highest BCUT2D eigenvalue weighted by molar-refractivity contribution is 5.74. The van der Waals surface area contributed by atoms with Crippen molar-refractivity contribution in [1.29, 1.82) is 0 Å². The fraction of sp³-hybridized carbons (Fsp3) is 0.538. The molecule has 1 atom stereocenters. The van der Waals surface area contributed by atoms with Crippen LogP contribution in [0.3, 0.4) is 0 Å². The van der Waals surface area contributed by atoms with E-state index < -0.39 is 0 Å². The molecule has 1 heterocycles. The summed E-state index contributed by atoms with van der Waals surface area (Å²) in [5.74, 6) is 0.805. The summed E-state index contributed by atoms with van der Waals surface area (Å²) in [7, 11) is 0. The van der Waals surface area contributed by atoms with Gasteiger partial charge in [-0.25, -0.2) is 0 Å². The van der Waals surface area contributed by atoms with Crippen molar-refractivity contribution in [3.05, 3.63) is 18.2 Å². The van der Waals surface area contributed by atoms with Gasteiger partial charge in [0.25, 0.3) is 0 Å². The third-order valence-electron chi connectivity index (χ3n) is 3.21. The van der Waals surface area contributed by atoms with Gasteiger partial charge in [-0.05, 0) is 38.8 Å². The maximum absolute atomic E-state index is 6.14. The maximum Gasteiger partial charge on any atom is 0.144 e. The van der Waals surface area contributed by atoms with Crippen molar-refractivity contribution in [2.45, 2.75) is 32.7 Å².